The van der Waals surface area contributed by atoms with E-state index in [4.69, 9.17) is 46.4 Å². The molecule has 0 heterocycles. The van der Waals surface area contributed by atoms with E-state index < -0.39 is 0 Å². The molecule has 1 atom stereocenters. The van der Waals surface area contributed by atoms with E-state index in [1.54, 1.807) is 12.1 Å². The van der Waals surface area contributed by atoms with Crippen LogP contribution in [0.15, 0.2) is 12.1 Å². The smallest absolute Gasteiger partial charge is 0.0793 e. The van der Waals surface area contributed by atoms with E-state index in [9.17, 15) is 0 Å². The van der Waals surface area contributed by atoms with E-state index >= 15 is 0 Å². The average Bonchev–Trinajstić information content (AvgIpc) is 1.93. The van der Waals surface area contributed by atoms with Crippen LogP contribution < -0.4 is 0 Å². The molecule has 0 aliphatic carbocycles. The van der Waals surface area contributed by atoms with E-state index in [2.05, 4.69) is 0 Å². The third-order valence-corrected chi connectivity index (χ3v) is 2.69. The van der Waals surface area contributed by atoms with E-state index in [1.807, 2.05) is 0 Å². The van der Waals surface area contributed by atoms with Crippen molar-refractivity contribution >= 4 is 56.3 Å². The molecular formula is C6H5Cl4P. The summed E-state index contributed by atoms with van der Waals surface area (Å²) < 4.78 is 0. The number of hydrogen-bond donors (Lipinski definition) is 0. The van der Waals surface area contributed by atoms with Crippen LogP contribution >= 0.6 is 56.3 Å². The Morgan fingerprint density at radius 3 is 1.27 bits per heavy atom. The number of hydrogen-bond acceptors (Lipinski definition) is 0. The summed E-state index contributed by atoms with van der Waals surface area (Å²) in [5, 5.41) is 1.43. The van der Waals surface area contributed by atoms with Gasteiger partial charge in [0.2, 0.25) is 0 Å². The maximum absolute atomic E-state index is 5.63. The molecule has 0 radical (unpaired) electrons. The standard InChI is InChI=1S/C6H2Cl4.H3P/c7-3-1-2-4(8)6(10)5(3)9;/h1-2H;1H3. The van der Waals surface area contributed by atoms with E-state index in [0.29, 0.717) is 20.1 Å². The molecule has 5 heteroatoms. The summed E-state index contributed by atoms with van der Waals surface area (Å²) in [6.45, 7) is 0. The van der Waals surface area contributed by atoms with Gasteiger partial charge in [-0.05, 0) is 12.1 Å². The zero-order valence-corrected chi connectivity index (χ0v) is 9.81. The Labute approximate surface area is 88.4 Å². The fourth-order valence-electron chi connectivity index (χ4n) is 0.502. The summed E-state index contributed by atoms with van der Waals surface area (Å²) in [5.41, 5.74) is 0. The van der Waals surface area contributed by atoms with Crippen LogP contribution in [-0.2, 0) is 0 Å². The maximum atomic E-state index is 5.63. The van der Waals surface area contributed by atoms with Crippen LogP contribution in [-0.4, -0.2) is 0 Å². The number of rotatable bonds is 0. The Bertz CT molecular complexity index is 234. The highest BCUT2D eigenvalue weighted by atomic mass is 35.5. The SMILES string of the molecule is Clc1ccc(Cl)c(Cl)c1Cl.P. The summed E-state index contributed by atoms with van der Waals surface area (Å²) in [6, 6.07) is 3.19. The summed E-state index contributed by atoms with van der Waals surface area (Å²) >= 11 is 22.5. The van der Waals surface area contributed by atoms with Gasteiger partial charge < -0.3 is 0 Å². The normalized spacial score (nSPS) is 9.09. The molecule has 0 aliphatic rings. The first-order valence-corrected chi connectivity index (χ1v) is 3.93. The predicted octanol–water partition coefficient (Wildman–Crippen LogP) is 4.36. The number of benzene rings is 1. The molecular weight excluding hydrogens is 245 g/mol. The van der Waals surface area contributed by atoms with E-state index in [0.717, 1.165) is 0 Å². The molecule has 0 bridgehead atoms. The first-order valence-electron chi connectivity index (χ1n) is 2.42. The van der Waals surface area contributed by atoms with Crippen molar-refractivity contribution < 1.29 is 0 Å². The maximum Gasteiger partial charge on any atom is 0.0793 e. The topological polar surface area (TPSA) is 0 Å². The molecule has 1 rings (SSSR count). The first-order chi connectivity index (χ1) is 4.63. The van der Waals surface area contributed by atoms with Gasteiger partial charge in [0.15, 0.2) is 0 Å². The second kappa shape index (κ2) is 4.74. The van der Waals surface area contributed by atoms with Crippen molar-refractivity contribution in [3.8, 4) is 0 Å². The molecule has 0 aliphatic heterocycles. The molecule has 0 N–H and O–H groups in total. The summed E-state index contributed by atoms with van der Waals surface area (Å²) in [6.07, 6.45) is 0. The van der Waals surface area contributed by atoms with Crippen LogP contribution in [0.3, 0.4) is 0 Å². The molecule has 1 aromatic carbocycles. The van der Waals surface area contributed by atoms with Crippen molar-refractivity contribution in [2.24, 2.45) is 0 Å². The first kappa shape index (κ1) is 11.8. The lowest BCUT2D eigenvalue weighted by molar-refractivity contribution is 1.70. The third kappa shape index (κ3) is 2.65. The minimum absolute atomic E-state index is 0. The van der Waals surface area contributed by atoms with Gasteiger partial charge in [-0.2, -0.15) is 9.90 Å². The zero-order valence-electron chi connectivity index (χ0n) is 5.37. The Kier molecular flexibility index (Phi) is 5.09. The van der Waals surface area contributed by atoms with Crippen LogP contribution in [0.5, 0.6) is 0 Å². The highest BCUT2D eigenvalue weighted by molar-refractivity contribution is 6.92. The highest BCUT2D eigenvalue weighted by Crippen LogP contribution is 2.34. The van der Waals surface area contributed by atoms with E-state index in [1.165, 1.54) is 0 Å². The fourth-order valence-corrected chi connectivity index (χ4v) is 1.24. The van der Waals surface area contributed by atoms with Gasteiger partial charge in [0.05, 0.1) is 20.1 Å². The van der Waals surface area contributed by atoms with Gasteiger partial charge in [0.1, 0.15) is 0 Å². The summed E-state index contributed by atoms with van der Waals surface area (Å²) in [5.74, 6) is 0. The molecule has 11 heavy (non-hydrogen) atoms. The van der Waals surface area contributed by atoms with Crippen LogP contribution in [0, 0.1) is 0 Å². The Balaban J connectivity index is 0.000001000. The van der Waals surface area contributed by atoms with Crippen molar-refractivity contribution in [2.45, 2.75) is 0 Å². The minimum atomic E-state index is 0. The molecule has 62 valence electrons. The van der Waals surface area contributed by atoms with Crippen molar-refractivity contribution in [2.75, 3.05) is 0 Å². The molecule has 0 aromatic heterocycles. The van der Waals surface area contributed by atoms with Crippen molar-refractivity contribution in [1.29, 1.82) is 0 Å². The largest absolute Gasteiger partial charge is 0.153 e. The molecule has 1 unspecified atom stereocenters. The van der Waals surface area contributed by atoms with Gasteiger partial charge in [-0.25, -0.2) is 0 Å². The number of halogens is 4. The zero-order chi connectivity index (χ0) is 7.72. The van der Waals surface area contributed by atoms with Gasteiger partial charge in [-0.15, -0.1) is 0 Å². The van der Waals surface area contributed by atoms with Crippen LogP contribution in [0.25, 0.3) is 0 Å². The lowest BCUT2D eigenvalue weighted by Gasteiger charge is -1.98. The van der Waals surface area contributed by atoms with Crippen molar-refractivity contribution in [3.05, 3.63) is 32.2 Å². The second-order valence-corrected chi connectivity index (χ2v) is 3.23. The molecule has 0 nitrogen and oxygen atoms in total. The molecule has 0 fully saturated rings. The van der Waals surface area contributed by atoms with Crippen LogP contribution in [0.2, 0.25) is 20.1 Å². The molecule has 0 saturated carbocycles. The average molecular weight is 250 g/mol. The second-order valence-electron chi connectivity index (χ2n) is 1.66. The van der Waals surface area contributed by atoms with Crippen molar-refractivity contribution in [1.82, 2.24) is 0 Å². The van der Waals surface area contributed by atoms with Gasteiger partial charge in [-0.3, -0.25) is 0 Å². The van der Waals surface area contributed by atoms with E-state index in [-0.39, 0.29) is 9.90 Å². The Hall–Kier alpha value is 0.810. The lowest BCUT2D eigenvalue weighted by atomic mass is 10.4. The van der Waals surface area contributed by atoms with Crippen LogP contribution in [0.4, 0.5) is 0 Å². The van der Waals surface area contributed by atoms with Gasteiger partial charge in [0, 0.05) is 0 Å². The highest BCUT2D eigenvalue weighted by Gasteiger charge is 2.05. The molecule has 0 amide bonds. The van der Waals surface area contributed by atoms with Gasteiger partial charge >= 0.3 is 0 Å². The monoisotopic (exact) mass is 248 g/mol. The van der Waals surface area contributed by atoms with Crippen LogP contribution in [0.1, 0.15) is 0 Å². The molecule has 0 spiro atoms. The Morgan fingerprint density at radius 1 is 0.727 bits per heavy atom. The molecule has 0 saturated heterocycles. The summed E-state index contributed by atoms with van der Waals surface area (Å²) in [4.78, 5) is 0. The fraction of sp³-hybridized carbons (Fsp3) is 0. The lowest BCUT2D eigenvalue weighted by Crippen LogP contribution is -1.71. The van der Waals surface area contributed by atoms with Gasteiger partial charge in [0.25, 0.3) is 0 Å². The Morgan fingerprint density at radius 2 is 1.00 bits per heavy atom. The predicted molar refractivity (Wildman–Crippen MR) is 57.6 cm³/mol. The van der Waals surface area contributed by atoms with Gasteiger partial charge in [-0.1, -0.05) is 46.4 Å². The van der Waals surface area contributed by atoms with Crippen molar-refractivity contribution in [3.63, 3.8) is 0 Å². The minimum Gasteiger partial charge on any atom is -0.153 e. The summed E-state index contributed by atoms with van der Waals surface area (Å²) in [7, 11) is 0. The third-order valence-electron chi connectivity index (χ3n) is 0.988. The molecule has 1 aromatic rings. The quantitative estimate of drug-likeness (QED) is 0.364.